The van der Waals surface area contributed by atoms with Gasteiger partial charge in [-0.25, -0.2) is 4.79 Å². The standard InChI is InChI=1S/C28H32N2O3/c1-7-24(28(32)33-8-2)25(19(3)4)26(29-6)22-15-12-16-23(18-22)30-27(31)20(5)17-21-13-10-9-11-14-21/h7,9-18H,8H2,1-6H3,(H,30,31). The van der Waals surface area contributed by atoms with Crippen LogP contribution in [0.5, 0.6) is 0 Å². The summed E-state index contributed by atoms with van der Waals surface area (Å²) >= 11 is 0. The van der Waals surface area contributed by atoms with Crippen molar-refractivity contribution in [1.29, 1.82) is 0 Å². The van der Waals surface area contributed by atoms with E-state index >= 15 is 0 Å². The Hall–Kier alpha value is -3.73. The summed E-state index contributed by atoms with van der Waals surface area (Å²) in [5, 5.41) is 2.95. The van der Waals surface area contributed by atoms with Gasteiger partial charge in [0.15, 0.2) is 0 Å². The molecule has 2 aromatic carbocycles. The van der Waals surface area contributed by atoms with Crippen LogP contribution < -0.4 is 5.32 Å². The second-order valence-corrected chi connectivity index (χ2v) is 7.64. The number of rotatable bonds is 8. The van der Waals surface area contributed by atoms with Crippen molar-refractivity contribution >= 4 is 29.4 Å². The van der Waals surface area contributed by atoms with Crippen LogP contribution in [0.1, 0.15) is 45.7 Å². The highest BCUT2D eigenvalue weighted by molar-refractivity contribution is 6.21. The zero-order valence-corrected chi connectivity index (χ0v) is 20.2. The maximum Gasteiger partial charge on any atom is 0.338 e. The molecule has 0 spiro atoms. The van der Waals surface area contributed by atoms with Crippen molar-refractivity contribution in [2.24, 2.45) is 4.99 Å². The minimum Gasteiger partial charge on any atom is -0.462 e. The molecule has 0 saturated carbocycles. The summed E-state index contributed by atoms with van der Waals surface area (Å²) in [4.78, 5) is 29.8. The van der Waals surface area contributed by atoms with Crippen LogP contribution >= 0.6 is 0 Å². The van der Waals surface area contributed by atoms with Gasteiger partial charge in [0.2, 0.25) is 0 Å². The Morgan fingerprint density at radius 3 is 2.30 bits per heavy atom. The van der Waals surface area contributed by atoms with Crippen LogP contribution in [0.25, 0.3) is 6.08 Å². The Balaban J connectivity index is 2.36. The van der Waals surface area contributed by atoms with Gasteiger partial charge in [0, 0.05) is 29.4 Å². The Labute approximate surface area is 196 Å². The molecule has 33 heavy (non-hydrogen) atoms. The number of nitrogens with zero attached hydrogens (tertiary/aromatic N) is 1. The van der Waals surface area contributed by atoms with Crippen molar-refractivity contribution in [2.45, 2.75) is 34.6 Å². The Morgan fingerprint density at radius 1 is 1.03 bits per heavy atom. The maximum atomic E-state index is 12.7. The quantitative estimate of drug-likeness (QED) is 0.235. The van der Waals surface area contributed by atoms with Gasteiger partial charge in [-0.3, -0.25) is 9.79 Å². The van der Waals surface area contributed by atoms with Crippen molar-refractivity contribution in [1.82, 2.24) is 0 Å². The molecular formula is C28H32N2O3. The lowest BCUT2D eigenvalue weighted by molar-refractivity contribution is -0.138. The van der Waals surface area contributed by atoms with E-state index in [1.807, 2.05) is 74.5 Å². The van der Waals surface area contributed by atoms with Crippen molar-refractivity contribution in [3.8, 4) is 0 Å². The summed E-state index contributed by atoms with van der Waals surface area (Å²) in [5.41, 5.74) is 5.78. The first kappa shape index (κ1) is 25.5. The predicted octanol–water partition coefficient (Wildman–Crippen LogP) is 5.99. The van der Waals surface area contributed by atoms with Gasteiger partial charge >= 0.3 is 5.97 Å². The van der Waals surface area contributed by atoms with Gasteiger partial charge in [-0.05, 0) is 58.4 Å². The van der Waals surface area contributed by atoms with E-state index in [2.05, 4.69) is 10.3 Å². The lowest BCUT2D eigenvalue weighted by atomic mass is 9.91. The molecule has 2 rings (SSSR count). The van der Waals surface area contributed by atoms with Gasteiger partial charge in [0.05, 0.1) is 17.9 Å². The van der Waals surface area contributed by atoms with E-state index in [4.69, 9.17) is 4.74 Å². The van der Waals surface area contributed by atoms with Crippen LogP contribution in [0.2, 0.25) is 0 Å². The third kappa shape index (κ3) is 6.88. The van der Waals surface area contributed by atoms with E-state index in [-0.39, 0.29) is 11.9 Å². The number of hydrogen-bond acceptors (Lipinski definition) is 4. The molecule has 0 aromatic heterocycles. The van der Waals surface area contributed by atoms with Crippen molar-refractivity contribution in [2.75, 3.05) is 19.0 Å². The summed E-state index contributed by atoms with van der Waals surface area (Å²) in [7, 11) is 1.69. The Kier molecular flexibility index (Phi) is 9.55. The van der Waals surface area contributed by atoms with E-state index in [0.29, 0.717) is 29.2 Å². The molecule has 0 aliphatic heterocycles. The summed E-state index contributed by atoms with van der Waals surface area (Å²) in [6, 6.07) is 17.2. The van der Waals surface area contributed by atoms with Gasteiger partial charge in [0.25, 0.3) is 5.91 Å². The van der Waals surface area contributed by atoms with Gasteiger partial charge < -0.3 is 10.1 Å². The molecule has 5 heteroatoms. The highest BCUT2D eigenvalue weighted by Gasteiger charge is 2.22. The summed E-state index contributed by atoms with van der Waals surface area (Å²) in [6.45, 7) is 9.54. The molecule has 0 atom stereocenters. The monoisotopic (exact) mass is 444 g/mol. The molecular weight excluding hydrogens is 412 g/mol. The van der Waals surface area contributed by atoms with Crippen molar-refractivity contribution < 1.29 is 14.3 Å². The van der Waals surface area contributed by atoms with Gasteiger partial charge in [-0.15, -0.1) is 0 Å². The van der Waals surface area contributed by atoms with Gasteiger partial charge in [-0.2, -0.15) is 0 Å². The molecule has 0 unspecified atom stereocenters. The summed E-state index contributed by atoms with van der Waals surface area (Å²) in [6.07, 6.45) is 3.59. The molecule has 0 aliphatic rings. The summed E-state index contributed by atoms with van der Waals surface area (Å²) in [5.74, 6) is -0.572. The SMILES string of the molecule is CC=C(C(=O)OCC)C(C(=NC)c1cccc(NC(=O)C(C)=Cc2ccccc2)c1)=C(C)C. The van der Waals surface area contributed by atoms with Crippen molar-refractivity contribution in [3.63, 3.8) is 0 Å². The number of ether oxygens (including phenoxy) is 1. The Bertz CT molecular complexity index is 1120. The Morgan fingerprint density at radius 2 is 1.73 bits per heavy atom. The minimum atomic E-state index is -0.386. The van der Waals surface area contributed by atoms with E-state index in [9.17, 15) is 9.59 Å². The second-order valence-electron chi connectivity index (χ2n) is 7.64. The number of hydrogen-bond donors (Lipinski definition) is 1. The van der Waals surface area contributed by atoms with Crippen LogP contribution in [0, 0.1) is 0 Å². The largest absolute Gasteiger partial charge is 0.462 e. The molecule has 5 nitrogen and oxygen atoms in total. The average molecular weight is 445 g/mol. The van der Waals surface area contributed by atoms with Crippen molar-refractivity contribution in [3.05, 3.63) is 94.1 Å². The zero-order valence-electron chi connectivity index (χ0n) is 20.2. The van der Waals surface area contributed by atoms with Gasteiger partial charge in [0.1, 0.15) is 0 Å². The fraction of sp³-hybridized carbons (Fsp3) is 0.250. The normalized spacial score (nSPS) is 12.2. The minimum absolute atomic E-state index is 0.186. The fourth-order valence-corrected chi connectivity index (χ4v) is 3.43. The van der Waals surface area contributed by atoms with E-state index < -0.39 is 0 Å². The van der Waals surface area contributed by atoms with E-state index in [1.54, 1.807) is 33.9 Å². The molecule has 0 aliphatic carbocycles. The van der Waals surface area contributed by atoms with Gasteiger partial charge in [-0.1, -0.05) is 54.1 Å². The lowest BCUT2D eigenvalue weighted by Gasteiger charge is -2.17. The molecule has 2 aromatic rings. The first-order chi connectivity index (χ1) is 15.8. The fourth-order valence-electron chi connectivity index (χ4n) is 3.43. The number of carbonyl (C=O) groups excluding carboxylic acids is 2. The van der Waals surface area contributed by atoms with E-state index in [0.717, 1.165) is 22.3 Å². The number of aliphatic imine (C=N–C) groups is 1. The predicted molar refractivity (Wildman–Crippen MR) is 136 cm³/mol. The summed E-state index contributed by atoms with van der Waals surface area (Å²) < 4.78 is 5.25. The number of allylic oxidation sites excluding steroid dienone is 2. The number of amides is 1. The highest BCUT2D eigenvalue weighted by atomic mass is 16.5. The third-order valence-electron chi connectivity index (χ3n) is 4.95. The van der Waals surface area contributed by atoms with Crippen LogP contribution in [0.15, 0.2) is 88.0 Å². The smallest absolute Gasteiger partial charge is 0.338 e. The molecule has 0 saturated heterocycles. The molecule has 0 bridgehead atoms. The molecule has 1 N–H and O–H groups in total. The first-order valence-electron chi connectivity index (χ1n) is 11.0. The first-order valence-corrected chi connectivity index (χ1v) is 11.0. The number of benzene rings is 2. The number of anilines is 1. The van der Waals surface area contributed by atoms with Crippen LogP contribution in [-0.4, -0.2) is 31.2 Å². The average Bonchev–Trinajstić information content (AvgIpc) is 2.80. The molecule has 0 heterocycles. The van der Waals surface area contributed by atoms with Crippen LogP contribution in [-0.2, 0) is 14.3 Å². The number of carbonyl (C=O) groups is 2. The number of nitrogens with one attached hydrogen (secondary N) is 1. The molecule has 172 valence electrons. The van der Waals surface area contributed by atoms with E-state index in [1.165, 1.54) is 0 Å². The molecule has 0 radical (unpaired) electrons. The highest BCUT2D eigenvalue weighted by Crippen LogP contribution is 2.24. The number of esters is 1. The maximum absolute atomic E-state index is 12.7. The topological polar surface area (TPSA) is 67.8 Å². The second kappa shape index (κ2) is 12.3. The van der Waals surface area contributed by atoms with Crippen LogP contribution in [0.4, 0.5) is 5.69 Å². The van der Waals surface area contributed by atoms with Crippen LogP contribution in [0.3, 0.4) is 0 Å². The molecule has 1 amide bonds. The molecule has 0 fully saturated rings. The third-order valence-corrected chi connectivity index (χ3v) is 4.95. The lowest BCUT2D eigenvalue weighted by Crippen LogP contribution is -2.18. The zero-order chi connectivity index (χ0) is 24.4.